The first-order chi connectivity index (χ1) is 11.1. The first-order valence-electron chi connectivity index (χ1n) is 8.09. The summed E-state index contributed by atoms with van der Waals surface area (Å²) in [5.41, 5.74) is 9.14. The van der Waals surface area contributed by atoms with Crippen molar-refractivity contribution in [2.24, 2.45) is 10.7 Å². The number of benzene rings is 1. The monoisotopic (exact) mass is 317 g/mol. The van der Waals surface area contributed by atoms with Gasteiger partial charge in [0.25, 0.3) is 0 Å². The maximum atomic E-state index is 5.95. The predicted molar refractivity (Wildman–Crippen MR) is 93.2 cm³/mol. The molecular formula is C18H27N3O2. The van der Waals surface area contributed by atoms with E-state index < -0.39 is 0 Å². The summed E-state index contributed by atoms with van der Waals surface area (Å²) in [6, 6.07) is 8.28. The fraction of sp³-hybridized carbons (Fsp3) is 0.500. The van der Waals surface area contributed by atoms with Gasteiger partial charge in [-0.1, -0.05) is 36.4 Å². The van der Waals surface area contributed by atoms with Gasteiger partial charge < -0.3 is 20.5 Å². The molecule has 1 aliphatic heterocycles. The third-order valence-electron chi connectivity index (χ3n) is 3.65. The van der Waals surface area contributed by atoms with Gasteiger partial charge in [0, 0.05) is 19.8 Å². The van der Waals surface area contributed by atoms with Crippen molar-refractivity contribution in [3.05, 3.63) is 47.5 Å². The number of ether oxygens (including phenoxy) is 2. The Hall–Kier alpha value is -1.85. The highest BCUT2D eigenvalue weighted by Crippen LogP contribution is 2.14. The molecule has 1 aromatic carbocycles. The van der Waals surface area contributed by atoms with Crippen molar-refractivity contribution in [2.45, 2.75) is 39.0 Å². The number of aliphatic imine (C=N–C) groups is 1. The minimum atomic E-state index is 0.312. The zero-order valence-corrected chi connectivity index (χ0v) is 13.9. The van der Waals surface area contributed by atoms with Crippen LogP contribution in [0.3, 0.4) is 0 Å². The molecule has 23 heavy (non-hydrogen) atoms. The van der Waals surface area contributed by atoms with Gasteiger partial charge in [-0.15, -0.1) is 0 Å². The molecule has 0 aromatic heterocycles. The molecule has 0 unspecified atom stereocenters. The van der Waals surface area contributed by atoms with Crippen LogP contribution in [-0.4, -0.2) is 31.8 Å². The van der Waals surface area contributed by atoms with Crippen molar-refractivity contribution in [1.82, 2.24) is 5.32 Å². The van der Waals surface area contributed by atoms with E-state index in [1.165, 1.54) is 0 Å². The van der Waals surface area contributed by atoms with Gasteiger partial charge in [-0.05, 0) is 30.9 Å². The number of hydrogen-bond acceptors (Lipinski definition) is 3. The first-order valence-corrected chi connectivity index (χ1v) is 8.09. The molecule has 0 spiro atoms. The smallest absolute Gasteiger partial charge is 0.189 e. The summed E-state index contributed by atoms with van der Waals surface area (Å²) in [6.07, 6.45) is 2.27. The van der Waals surface area contributed by atoms with Crippen LogP contribution in [0.25, 0.3) is 0 Å². The highest BCUT2D eigenvalue weighted by Gasteiger charge is 2.13. The molecule has 0 atom stereocenters. The normalized spacial score (nSPS) is 16.3. The standard InChI is InChI=1S/C18H27N3O2/c1-14(2)11-20-18(19)21-12-15-4-3-5-16(10-15)13-23-17-6-8-22-9-7-17/h3-5,10,17H,1,6-9,11-13H2,2H3,(H3,19,20,21). The number of nitrogens with one attached hydrogen (secondary N) is 1. The van der Waals surface area contributed by atoms with Gasteiger partial charge in [-0.3, -0.25) is 0 Å². The SMILES string of the molecule is C=C(C)CNC(N)=NCc1cccc(COC2CCOCC2)c1. The van der Waals surface area contributed by atoms with Crippen LogP contribution in [0.4, 0.5) is 0 Å². The molecule has 0 aliphatic carbocycles. The maximum absolute atomic E-state index is 5.95. The van der Waals surface area contributed by atoms with Crippen molar-refractivity contribution in [1.29, 1.82) is 0 Å². The van der Waals surface area contributed by atoms with E-state index in [9.17, 15) is 0 Å². The maximum Gasteiger partial charge on any atom is 0.189 e. The number of hydrogen-bond donors (Lipinski definition) is 2. The second-order valence-corrected chi connectivity index (χ2v) is 5.95. The number of guanidine groups is 1. The van der Waals surface area contributed by atoms with Gasteiger partial charge in [-0.2, -0.15) is 0 Å². The van der Waals surface area contributed by atoms with Crippen LogP contribution in [0.5, 0.6) is 0 Å². The molecule has 5 heteroatoms. The third-order valence-corrected chi connectivity index (χ3v) is 3.65. The summed E-state index contributed by atoms with van der Waals surface area (Å²) in [7, 11) is 0. The van der Waals surface area contributed by atoms with Gasteiger partial charge >= 0.3 is 0 Å². The molecular weight excluding hydrogens is 290 g/mol. The van der Waals surface area contributed by atoms with Crippen LogP contribution < -0.4 is 11.1 Å². The minimum absolute atomic E-state index is 0.312. The fourth-order valence-corrected chi connectivity index (χ4v) is 2.35. The molecule has 2 rings (SSSR count). The highest BCUT2D eigenvalue weighted by molar-refractivity contribution is 5.78. The molecule has 1 aromatic rings. The summed E-state index contributed by atoms with van der Waals surface area (Å²) >= 11 is 0. The lowest BCUT2D eigenvalue weighted by Gasteiger charge is -2.22. The Morgan fingerprint density at radius 1 is 1.39 bits per heavy atom. The molecule has 0 radical (unpaired) electrons. The van der Waals surface area contributed by atoms with E-state index in [-0.39, 0.29) is 0 Å². The Balaban J connectivity index is 1.81. The van der Waals surface area contributed by atoms with Crippen LogP contribution >= 0.6 is 0 Å². The van der Waals surface area contributed by atoms with E-state index in [2.05, 4.69) is 29.0 Å². The van der Waals surface area contributed by atoms with E-state index in [4.69, 9.17) is 15.2 Å². The molecule has 1 fully saturated rings. The van der Waals surface area contributed by atoms with Gasteiger partial charge in [0.15, 0.2) is 5.96 Å². The molecule has 0 amide bonds. The Bertz CT molecular complexity index is 537. The third kappa shape index (κ3) is 6.84. The zero-order chi connectivity index (χ0) is 16.5. The van der Waals surface area contributed by atoms with E-state index >= 15 is 0 Å². The van der Waals surface area contributed by atoms with Crippen LogP contribution in [-0.2, 0) is 22.6 Å². The molecule has 1 heterocycles. The molecule has 1 aliphatic rings. The molecule has 1 saturated heterocycles. The van der Waals surface area contributed by atoms with Crippen molar-refractivity contribution < 1.29 is 9.47 Å². The molecule has 126 valence electrons. The van der Waals surface area contributed by atoms with Gasteiger partial charge in [0.1, 0.15) is 0 Å². The number of nitrogens with two attached hydrogens (primary N) is 1. The Labute approximate surface area is 138 Å². The Kier molecular flexibility index (Phi) is 7.10. The highest BCUT2D eigenvalue weighted by atomic mass is 16.5. The predicted octanol–water partition coefficient (Wildman–Crippen LogP) is 2.36. The second-order valence-electron chi connectivity index (χ2n) is 5.95. The van der Waals surface area contributed by atoms with Gasteiger partial charge in [0.2, 0.25) is 0 Å². The molecule has 0 saturated carbocycles. The average molecular weight is 317 g/mol. The van der Waals surface area contributed by atoms with Crippen molar-refractivity contribution >= 4 is 5.96 Å². The van der Waals surface area contributed by atoms with Crippen molar-refractivity contribution in [3.63, 3.8) is 0 Å². The van der Waals surface area contributed by atoms with Crippen molar-refractivity contribution in [3.8, 4) is 0 Å². The van der Waals surface area contributed by atoms with E-state index in [1.54, 1.807) is 0 Å². The quantitative estimate of drug-likeness (QED) is 0.460. The van der Waals surface area contributed by atoms with Crippen LogP contribution in [0.2, 0.25) is 0 Å². The lowest BCUT2D eigenvalue weighted by molar-refractivity contribution is -0.0390. The number of nitrogens with zero attached hydrogens (tertiary/aromatic N) is 1. The minimum Gasteiger partial charge on any atom is -0.381 e. The van der Waals surface area contributed by atoms with E-state index in [1.807, 2.05) is 19.1 Å². The van der Waals surface area contributed by atoms with Crippen LogP contribution in [0.15, 0.2) is 41.4 Å². The second kappa shape index (κ2) is 9.33. The van der Waals surface area contributed by atoms with Crippen LogP contribution in [0.1, 0.15) is 30.9 Å². The van der Waals surface area contributed by atoms with Crippen molar-refractivity contribution in [2.75, 3.05) is 19.8 Å². The average Bonchev–Trinajstić information content (AvgIpc) is 2.57. The number of rotatable bonds is 7. The Morgan fingerprint density at radius 2 is 2.13 bits per heavy atom. The topological polar surface area (TPSA) is 68.9 Å². The summed E-state index contributed by atoms with van der Waals surface area (Å²) in [6.45, 7) is 9.20. The summed E-state index contributed by atoms with van der Waals surface area (Å²) < 4.78 is 11.3. The summed E-state index contributed by atoms with van der Waals surface area (Å²) in [4.78, 5) is 4.34. The van der Waals surface area contributed by atoms with Gasteiger partial charge in [-0.25, -0.2) is 4.99 Å². The largest absolute Gasteiger partial charge is 0.381 e. The van der Waals surface area contributed by atoms with E-state index in [0.29, 0.717) is 31.8 Å². The van der Waals surface area contributed by atoms with Gasteiger partial charge in [0.05, 0.1) is 19.3 Å². The summed E-state index contributed by atoms with van der Waals surface area (Å²) in [5, 5.41) is 3.03. The summed E-state index contributed by atoms with van der Waals surface area (Å²) in [5.74, 6) is 0.442. The molecule has 5 nitrogen and oxygen atoms in total. The van der Waals surface area contributed by atoms with Crippen LogP contribution in [0, 0.1) is 0 Å². The Morgan fingerprint density at radius 3 is 2.87 bits per heavy atom. The fourth-order valence-electron chi connectivity index (χ4n) is 2.35. The molecule has 0 bridgehead atoms. The first kappa shape index (κ1) is 17.5. The lowest BCUT2D eigenvalue weighted by atomic mass is 10.1. The van der Waals surface area contributed by atoms with E-state index in [0.717, 1.165) is 42.8 Å². The molecule has 3 N–H and O–H groups in total. The lowest BCUT2D eigenvalue weighted by Crippen LogP contribution is -2.32. The zero-order valence-electron chi connectivity index (χ0n) is 13.9.